The molecular formula is C13H17N5O2S. The van der Waals surface area contributed by atoms with Crippen LogP contribution >= 0.6 is 11.5 Å². The van der Waals surface area contributed by atoms with Crippen molar-refractivity contribution in [2.24, 2.45) is 5.92 Å². The largest absolute Gasteiger partial charge is 0.360 e. The molecule has 8 heteroatoms. The van der Waals surface area contributed by atoms with Crippen LogP contribution in [-0.4, -0.2) is 33.4 Å². The first-order valence-corrected chi connectivity index (χ1v) is 8.16. The van der Waals surface area contributed by atoms with E-state index in [-0.39, 0.29) is 17.9 Å². The molecule has 2 aliphatic carbocycles. The number of rotatable bonds is 4. The van der Waals surface area contributed by atoms with Crippen molar-refractivity contribution in [2.45, 2.75) is 43.6 Å². The molecule has 0 radical (unpaired) electrons. The molecule has 3 amide bonds. The molecule has 3 aliphatic rings. The van der Waals surface area contributed by atoms with Crippen LogP contribution in [0.1, 0.15) is 43.8 Å². The minimum absolute atomic E-state index is 0.0947. The van der Waals surface area contributed by atoms with Gasteiger partial charge in [0.2, 0.25) is 5.13 Å². The second kappa shape index (κ2) is 4.66. The minimum atomic E-state index is -0.728. The number of urea groups is 1. The van der Waals surface area contributed by atoms with E-state index in [9.17, 15) is 9.59 Å². The summed E-state index contributed by atoms with van der Waals surface area (Å²) in [5, 5.41) is 9.29. The summed E-state index contributed by atoms with van der Waals surface area (Å²) in [6, 6.07) is -0.376. The van der Waals surface area contributed by atoms with Crippen molar-refractivity contribution in [3.63, 3.8) is 0 Å². The number of nitrogens with zero attached hydrogens (tertiary/aromatic N) is 2. The summed E-state index contributed by atoms with van der Waals surface area (Å²) in [6.07, 6.45) is 4.96. The van der Waals surface area contributed by atoms with Crippen LogP contribution in [0.3, 0.4) is 0 Å². The van der Waals surface area contributed by atoms with Gasteiger partial charge in [-0.25, -0.2) is 9.78 Å². The molecule has 21 heavy (non-hydrogen) atoms. The highest BCUT2D eigenvalue weighted by atomic mass is 32.1. The van der Waals surface area contributed by atoms with Crippen LogP contribution in [0.5, 0.6) is 0 Å². The summed E-state index contributed by atoms with van der Waals surface area (Å²) in [6.45, 7) is 0.632. The summed E-state index contributed by atoms with van der Waals surface area (Å²) in [4.78, 5) is 28.0. The summed E-state index contributed by atoms with van der Waals surface area (Å²) in [5.41, 5.74) is -0.728. The van der Waals surface area contributed by atoms with E-state index in [0.717, 1.165) is 23.8 Å². The van der Waals surface area contributed by atoms with Crippen LogP contribution in [0.4, 0.5) is 9.93 Å². The fourth-order valence-corrected chi connectivity index (χ4v) is 4.00. The van der Waals surface area contributed by atoms with Gasteiger partial charge in [-0.3, -0.25) is 10.1 Å². The number of anilines is 1. The van der Waals surface area contributed by atoms with Crippen molar-refractivity contribution in [3.05, 3.63) is 5.82 Å². The highest BCUT2D eigenvalue weighted by molar-refractivity contribution is 7.09. The van der Waals surface area contributed by atoms with Gasteiger partial charge in [-0.15, -0.1) is 0 Å². The Kier molecular flexibility index (Phi) is 2.88. The van der Waals surface area contributed by atoms with Gasteiger partial charge in [-0.1, -0.05) is 6.42 Å². The quantitative estimate of drug-likeness (QED) is 0.727. The van der Waals surface area contributed by atoms with Crippen molar-refractivity contribution in [1.82, 2.24) is 20.0 Å². The van der Waals surface area contributed by atoms with Gasteiger partial charge in [0, 0.05) is 29.9 Å². The predicted octanol–water partition coefficient (Wildman–Crippen LogP) is 1.21. The molecule has 7 nitrogen and oxygen atoms in total. The number of aromatic nitrogens is 2. The second-order valence-corrected chi connectivity index (χ2v) is 6.83. The summed E-state index contributed by atoms with van der Waals surface area (Å²) in [5.74, 6) is 1.40. The minimum Gasteiger partial charge on any atom is -0.360 e. The topological polar surface area (TPSA) is 96.0 Å². The molecule has 1 aromatic rings. The Hall–Kier alpha value is -1.70. The molecule has 1 spiro atoms. The van der Waals surface area contributed by atoms with E-state index < -0.39 is 5.54 Å². The Labute approximate surface area is 126 Å². The van der Waals surface area contributed by atoms with Gasteiger partial charge < -0.3 is 10.6 Å². The number of hydrogen-bond acceptors (Lipinski definition) is 6. The van der Waals surface area contributed by atoms with Crippen LogP contribution < -0.4 is 16.0 Å². The van der Waals surface area contributed by atoms with E-state index in [1.54, 1.807) is 0 Å². The first-order chi connectivity index (χ1) is 10.2. The van der Waals surface area contributed by atoms with Crippen molar-refractivity contribution in [2.75, 3.05) is 11.9 Å². The average Bonchev–Trinajstić information content (AvgIpc) is 2.94. The summed E-state index contributed by atoms with van der Waals surface area (Å²) >= 11 is 1.37. The molecule has 1 aliphatic heterocycles. The van der Waals surface area contributed by atoms with E-state index in [4.69, 9.17) is 0 Å². The van der Waals surface area contributed by atoms with Crippen LogP contribution in [0.15, 0.2) is 0 Å². The monoisotopic (exact) mass is 307 g/mol. The zero-order valence-corrected chi connectivity index (χ0v) is 12.3. The van der Waals surface area contributed by atoms with Crippen molar-refractivity contribution < 1.29 is 9.59 Å². The maximum absolute atomic E-state index is 12.1. The van der Waals surface area contributed by atoms with Gasteiger partial charge in [0.05, 0.1) is 0 Å². The van der Waals surface area contributed by atoms with E-state index in [1.807, 2.05) is 0 Å². The molecule has 0 aromatic carbocycles. The summed E-state index contributed by atoms with van der Waals surface area (Å²) < 4.78 is 4.36. The van der Waals surface area contributed by atoms with Crippen LogP contribution in [-0.2, 0) is 4.79 Å². The number of imide groups is 1. The Morgan fingerprint density at radius 1 is 1.33 bits per heavy atom. The average molecular weight is 307 g/mol. The fourth-order valence-electron chi connectivity index (χ4n) is 3.35. The maximum atomic E-state index is 12.1. The highest BCUT2D eigenvalue weighted by Crippen LogP contribution is 2.40. The molecule has 2 unspecified atom stereocenters. The van der Waals surface area contributed by atoms with Gasteiger partial charge in [0.15, 0.2) is 0 Å². The van der Waals surface area contributed by atoms with Crippen molar-refractivity contribution >= 4 is 28.6 Å². The Morgan fingerprint density at radius 3 is 2.90 bits per heavy atom. The molecule has 3 fully saturated rings. The van der Waals surface area contributed by atoms with Gasteiger partial charge in [0.25, 0.3) is 5.91 Å². The van der Waals surface area contributed by atoms with Crippen molar-refractivity contribution in [1.29, 1.82) is 0 Å². The molecule has 4 rings (SSSR count). The molecule has 2 heterocycles. The molecule has 3 N–H and O–H groups in total. The molecule has 1 aromatic heterocycles. The molecule has 112 valence electrons. The maximum Gasteiger partial charge on any atom is 0.322 e. The van der Waals surface area contributed by atoms with Gasteiger partial charge in [0.1, 0.15) is 11.4 Å². The number of hydrogen-bond donors (Lipinski definition) is 3. The molecule has 0 bridgehead atoms. The van der Waals surface area contributed by atoms with E-state index in [1.165, 1.54) is 24.4 Å². The van der Waals surface area contributed by atoms with Gasteiger partial charge >= 0.3 is 6.03 Å². The zero-order valence-electron chi connectivity index (χ0n) is 11.5. The third-order valence-electron chi connectivity index (χ3n) is 4.67. The molecule has 2 atom stereocenters. The standard InChI is InChI=1S/C13H17N5O2S/c19-10-13(17-11(20)16-10)5-1-2-8(13)6-14-12-15-9(18-21-12)7-3-4-7/h7-8H,1-6H2,(H,14,15,18)(H2,16,17,19,20). The molecular weight excluding hydrogens is 290 g/mol. The Balaban J connectivity index is 1.43. The Bertz CT molecular complexity index is 599. The van der Waals surface area contributed by atoms with Gasteiger partial charge in [-0.05, 0) is 25.7 Å². The lowest BCUT2D eigenvalue weighted by Crippen LogP contribution is -2.51. The predicted molar refractivity (Wildman–Crippen MR) is 77.1 cm³/mol. The van der Waals surface area contributed by atoms with Crippen LogP contribution in [0.2, 0.25) is 0 Å². The lowest BCUT2D eigenvalue weighted by Gasteiger charge is -2.27. The van der Waals surface area contributed by atoms with Crippen LogP contribution in [0, 0.1) is 5.92 Å². The first kappa shape index (κ1) is 13.0. The SMILES string of the molecule is O=C1NC(=O)C2(CCCC2CNc2nc(C3CC3)ns2)N1. The lowest BCUT2D eigenvalue weighted by molar-refractivity contribution is -0.125. The van der Waals surface area contributed by atoms with Crippen LogP contribution in [0.25, 0.3) is 0 Å². The first-order valence-electron chi connectivity index (χ1n) is 7.38. The highest BCUT2D eigenvalue weighted by Gasteiger charge is 2.54. The number of carbonyl (C=O) groups excluding carboxylic acids is 2. The molecule has 1 saturated heterocycles. The third-order valence-corrected chi connectivity index (χ3v) is 5.36. The Morgan fingerprint density at radius 2 is 2.19 bits per heavy atom. The van der Waals surface area contributed by atoms with E-state index >= 15 is 0 Å². The second-order valence-electron chi connectivity index (χ2n) is 6.08. The van der Waals surface area contributed by atoms with E-state index in [2.05, 4.69) is 25.3 Å². The van der Waals surface area contributed by atoms with Gasteiger partial charge in [-0.2, -0.15) is 4.37 Å². The number of carbonyl (C=O) groups is 2. The van der Waals surface area contributed by atoms with E-state index in [0.29, 0.717) is 18.9 Å². The fraction of sp³-hybridized carbons (Fsp3) is 0.692. The number of amides is 3. The van der Waals surface area contributed by atoms with Crippen molar-refractivity contribution in [3.8, 4) is 0 Å². The molecule has 2 saturated carbocycles. The third kappa shape index (κ3) is 2.17. The smallest absolute Gasteiger partial charge is 0.322 e. The zero-order chi connectivity index (χ0) is 14.4. The lowest BCUT2D eigenvalue weighted by atomic mass is 9.87. The normalized spacial score (nSPS) is 31.5. The number of nitrogens with one attached hydrogen (secondary N) is 3. The summed E-state index contributed by atoms with van der Waals surface area (Å²) in [7, 11) is 0.